The van der Waals surface area contributed by atoms with Crippen molar-refractivity contribution in [1.29, 1.82) is 0 Å². The van der Waals surface area contributed by atoms with Gasteiger partial charge in [-0.25, -0.2) is 32.2 Å². The molecule has 0 saturated carbocycles. The number of ether oxygens (including phenoxy) is 1. The average molecular weight is 496 g/mol. The molecule has 2 fully saturated rings. The van der Waals surface area contributed by atoms with Gasteiger partial charge in [0.05, 0.1) is 18.9 Å². The number of hydrogen-bond donors (Lipinski definition) is 0. The number of rotatable bonds is 5. The number of piperidine rings is 1. The fourth-order valence-electron chi connectivity index (χ4n) is 3.94. The Morgan fingerprint density at radius 3 is 2.42 bits per heavy atom. The first-order valence-corrected chi connectivity index (χ1v) is 11.4. The van der Waals surface area contributed by atoms with E-state index in [1.165, 1.54) is 17.1 Å². The Labute approximate surface area is 186 Å². The number of aromatic nitrogens is 4. The van der Waals surface area contributed by atoms with Gasteiger partial charge in [0.25, 0.3) is 15.9 Å². The molecule has 2 aliphatic rings. The Bertz CT molecular complexity index is 1100. The number of likely N-dealkylation sites (tertiary alicyclic amines) is 1. The SMILES string of the molecule is Cn1cnc(S(=O)(=O)N2C[C@@H](N3CCC(F)(F)CC3)[C@H](Oc3cc(C(F)(F)F)ncn3)C2)c1. The van der Waals surface area contributed by atoms with Gasteiger partial charge in [-0.3, -0.25) is 4.90 Å². The molecule has 0 bridgehead atoms. The molecule has 0 unspecified atom stereocenters. The number of sulfonamides is 1. The van der Waals surface area contributed by atoms with Crippen LogP contribution >= 0.6 is 0 Å². The minimum Gasteiger partial charge on any atom is -0.471 e. The normalized spacial score (nSPS) is 24.8. The summed E-state index contributed by atoms with van der Waals surface area (Å²) in [5, 5.41) is -0.198. The van der Waals surface area contributed by atoms with E-state index in [1.54, 1.807) is 11.9 Å². The van der Waals surface area contributed by atoms with Crippen LogP contribution in [0.25, 0.3) is 0 Å². The van der Waals surface area contributed by atoms with Crippen LogP contribution in [0.15, 0.2) is 29.9 Å². The molecule has 2 aromatic heterocycles. The maximum Gasteiger partial charge on any atom is 0.433 e. The van der Waals surface area contributed by atoms with Crippen LogP contribution in [0.5, 0.6) is 5.88 Å². The zero-order valence-electron chi connectivity index (χ0n) is 17.4. The second-order valence-electron chi connectivity index (χ2n) is 8.05. The third-order valence-corrected chi connectivity index (χ3v) is 7.41. The topological polar surface area (TPSA) is 93.5 Å². The Morgan fingerprint density at radius 2 is 1.82 bits per heavy atom. The standard InChI is InChI=1S/C18H21F5N6O3S/c1-27-9-16(26-11-27)33(30,31)29-7-12(28-4-2-17(19,20)3-5-28)13(8-29)32-15-6-14(18(21,22)23)24-10-25-15/h6,9-13H,2-5,7-8H2,1H3/t12-,13-/m1/s1. The van der Waals surface area contributed by atoms with Gasteiger partial charge in [0, 0.05) is 51.8 Å². The van der Waals surface area contributed by atoms with Gasteiger partial charge in [-0.2, -0.15) is 17.5 Å². The van der Waals surface area contributed by atoms with Gasteiger partial charge in [0.2, 0.25) is 5.88 Å². The van der Waals surface area contributed by atoms with Crippen molar-refractivity contribution in [2.24, 2.45) is 7.05 Å². The second kappa shape index (κ2) is 8.43. The summed E-state index contributed by atoms with van der Waals surface area (Å²) < 4.78 is 101. The molecule has 0 amide bonds. The van der Waals surface area contributed by atoms with E-state index in [4.69, 9.17) is 4.74 Å². The van der Waals surface area contributed by atoms with E-state index >= 15 is 0 Å². The molecule has 2 aromatic rings. The zero-order valence-corrected chi connectivity index (χ0v) is 18.2. The first-order valence-electron chi connectivity index (χ1n) is 10.0. The fraction of sp³-hybridized carbons (Fsp3) is 0.611. The van der Waals surface area contributed by atoms with Crippen molar-refractivity contribution in [3.05, 3.63) is 30.6 Å². The van der Waals surface area contributed by atoms with Gasteiger partial charge < -0.3 is 9.30 Å². The summed E-state index contributed by atoms with van der Waals surface area (Å²) in [5.41, 5.74) is -1.21. The minimum absolute atomic E-state index is 0.00736. The summed E-state index contributed by atoms with van der Waals surface area (Å²) in [6.45, 7) is -0.312. The van der Waals surface area contributed by atoms with Gasteiger partial charge in [-0.1, -0.05) is 0 Å². The van der Waals surface area contributed by atoms with E-state index in [-0.39, 0.29) is 37.1 Å². The molecular formula is C18H21F5N6O3S. The lowest BCUT2D eigenvalue weighted by atomic mass is 10.0. The van der Waals surface area contributed by atoms with E-state index in [2.05, 4.69) is 15.0 Å². The predicted molar refractivity (Wildman–Crippen MR) is 103 cm³/mol. The van der Waals surface area contributed by atoms with Crippen LogP contribution in [0, 0.1) is 0 Å². The lowest BCUT2D eigenvalue weighted by molar-refractivity contribution is -0.141. The molecule has 2 saturated heterocycles. The van der Waals surface area contributed by atoms with Crippen molar-refractivity contribution in [1.82, 2.24) is 28.7 Å². The zero-order chi connectivity index (χ0) is 24.0. The number of alkyl halides is 5. The quantitative estimate of drug-likeness (QED) is 0.583. The lowest BCUT2D eigenvalue weighted by Crippen LogP contribution is -2.51. The van der Waals surface area contributed by atoms with Gasteiger partial charge in [-0.15, -0.1) is 0 Å². The van der Waals surface area contributed by atoms with Crippen molar-refractivity contribution in [2.45, 2.75) is 42.1 Å². The predicted octanol–water partition coefficient (Wildman–Crippen LogP) is 1.78. The molecule has 0 N–H and O–H groups in total. The molecule has 4 rings (SSSR count). The number of nitrogens with zero attached hydrogens (tertiary/aromatic N) is 6. The molecule has 0 radical (unpaired) electrons. The summed E-state index contributed by atoms with van der Waals surface area (Å²) in [4.78, 5) is 12.4. The highest BCUT2D eigenvalue weighted by Gasteiger charge is 2.47. The number of imidazole rings is 1. The summed E-state index contributed by atoms with van der Waals surface area (Å²) in [7, 11) is -2.43. The van der Waals surface area contributed by atoms with E-state index in [9.17, 15) is 30.4 Å². The maximum atomic E-state index is 13.7. The van der Waals surface area contributed by atoms with Crippen molar-refractivity contribution >= 4 is 10.0 Å². The maximum absolute atomic E-state index is 13.7. The highest BCUT2D eigenvalue weighted by atomic mass is 32.2. The van der Waals surface area contributed by atoms with Crippen LogP contribution < -0.4 is 4.74 Å². The van der Waals surface area contributed by atoms with Gasteiger partial charge in [0.15, 0.2) is 10.7 Å². The number of halogens is 5. The van der Waals surface area contributed by atoms with E-state index in [1.807, 2.05) is 0 Å². The largest absolute Gasteiger partial charge is 0.471 e. The summed E-state index contributed by atoms with van der Waals surface area (Å²) in [5.74, 6) is -3.20. The first-order chi connectivity index (χ1) is 15.3. The van der Waals surface area contributed by atoms with Crippen LogP contribution in [0.2, 0.25) is 0 Å². The Morgan fingerprint density at radius 1 is 1.12 bits per heavy atom. The number of hydrogen-bond acceptors (Lipinski definition) is 7. The van der Waals surface area contributed by atoms with Gasteiger partial charge in [0.1, 0.15) is 12.4 Å². The van der Waals surface area contributed by atoms with Crippen LogP contribution in [-0.4, -0.2) is 81.4 Å². The van der Waals surface area contributed by atoms with Gasteiger partial charge in [-0.05, 0) is 0 Å². The van der Waals surface area contributed by atoms with Crippen LogP contribution in [-0.2, 0) is 23.2 Å². The van der Waals surface area contributed by atoms with Crippen LogP contribution in [0.1, 0.15) is 18.5 Å². The third-order valence-electron chi connectivity index (χ3n) is 5.69. The van der Waals surface area contributed by atoms with E-state index in [0.29, 0.717) is 12.4 Å². The smallest absolute Gasteiger partial charge is 0.433 e. The highest BCUT2D eigenvalue weighted by Crippen LogP contribution is 2.33. The molecule has 0 aromatic carbocycles. The van der Waals surface area contributed by atoms with Crippen molar-refractivity contribution < 1.29 is 35.1 Å². The van der Waals surface area contributed by atoms with Crippen LogP contribution in [0.3, 0.4) is 0 Å². The molecule has 182 valence electrons. The monoisotopic (exact) mass is 496 g/mol. The summed E-state index contributed by atoms with van der Waals surface area (Å²) in [6.07, 6.45) is -3.13. The van der Waals surface area contributed by atoms with E-state index < -0.39 is 52.8 Å². The third kappa shape index (κ3) is 5.09. The number of aryl methyl sites for hydroxylation is 1. The Hall–Kier alpha value is -2.39. The molecule has 0 aliphatic carbocycles. The summed E-state index contributed by atoms with van der Waals surface area (Å²) in [6, 6.07) is -0.0407. The second-order valence-corrected chi connectivity index (χ2v) is 9.94. The Balaban J connectivity index is 1.60. The van der Waals surface area contributed by atoms with Crippen molar-refractivity contribution in [3.8, 4) is 5.88 Å². The molecule has 2 atom stereocenters. The summed E-state index contributed by atoms with van der Waals surface area (Å²) >= 11 is 0. The van der Waals surface area contributed by atoms with Crippen molar-refractivity contribution in [2.75, 3.05) is 26.2 Å². The molecular weight excluding hydrogens is 475 g/mol. The van der Waals surface area contributed by atoms with E-state index in [0.717, 1.165) is 4.31 Å². The molecule has 9 nitrogen and oxygen atoms in total. The molecule has 2 aliphatic heterocycles. The first kappa shape index (κ1) is 23.8. The molecule has 0 spiro atoms. The molecule has 15 heteroatoms. The molecule has 4 heterocycles. The highest BCUT2D eigenvalue weighted by molar-refractivity contribution is 7.89. The lowest BCUT2D eigenvalue weighted by Gasteiger charge is -2.37. The average Bonchev–Trinajstić information content (AvgIpc) is 3.35. The van der Waals surface area contributed by atoms with Gasteiger partial charge >= 0.3 is 6.18 Å². The Kier molecular flexibility index (Phi) is 6.07. The van der Waals surface area contributed by atoms with Crippen molar-refractivity contribution in [3.63, 3.8) is 0 Å². The van der Waals surface area contributed by atoms with Crippen LogP contribution in [0.4, 0.5) is 22.0 Å². The molecule has 33 heavy (non-hydrogen) atoms. The minimum atomic E-state index is -4.72. The fourth-order valence-corrected chi connectivity index (χ4v) is 5.37.